The summed E-state index contributed by atoms with van der Waals surface area (Å²) in [6.07, 6.45) is 1.86. The molecule has 0 aliphatic carbocycles. The number of nitrogens with two attached hydrogens (primary N) is 1. The van der Waals surface area contributed by atoms with Crippen LogP contribution in [0.5, 0.6) is 0 Å². The van der Waals surface area contributed by atoms with Gasteiger partial charge in [-0.2, -0.15) is 0 Å². The van der Waals surface area contributed by atoms with Gasteiger partial charge in [0.05, 0.1) is 4.90 Å². The van der Waals surface area contributed by atoms with Crippen LogP contribution in [0.25, 0.3) is 0 Å². The molecular weight excluding hydrogens is 250 g/mol. The van der Waals surface area contributed by atoms with E-state index in [4.69, 9.17) is 5.14 Å². The van der Waals surface area contributed by atoms with E-state index in [0.717, 1.165) is 11.3 Å². The minimum Gasteiger partial charge on any atom is -0.364 e. The van der Waals surface area contributed by atoms with E-state index >= 15 is 0 Å². The van der Waals surface area contributed by atoms with Gasteiger partial charge in [-0.15, -0.1) is 0 Å². The maximum Gasteiger partial charge on any atom is 0.238 e. The molecule has 2 rings (SSSR count). The number of sulfonamides is 1. The number of hydrogen-bond acceptors (Lipinski definition) is 3. The average molecular weight is 265 g/mol. The molecule has 0 fully saturated rings. The fourth-order valence-electron chi connectivity index (χ4n) is 1.65. The van der Waals surface area contributed by atoms with Crippen molar-refractivity contribution in [2.24, 2.45) is 5.14 Å². The van der Waals surface area contributed by atoms with Crippen molar-refractivity contribution in [1.82, 2.24) is 10.3 Å². The summed E-state index contributed by atoms with van der Waals surface area (Å²) in [6, 6.07) is 10.5. The summed E-state index contributed by atoms with van der Waals surface area (Å²) in [5.41, 5.74) is 1.96. The molecule has 1 aromatic carbocycles. The van der Waals surface area contributed by atoms with E-state index in [1.165, 1.54) is 6.07 Å². The molecule has 0 aliphatic heterocycles. The second-order valence-corrected chi connectivity index (χ2v) is 5.55. The quantitative estimate of drug-likeness (QED) is 0.752. The number of aromatic amines is 1. The number of primary sulfonamides is 1. The SMILES string of the molecule is NS(=O)(=O)c1cccc(CNCc2ccc[nH]2)c1. The number of rotatable bonds is 5. The number of hydrogen-bond donors (Lipinski definition) is 3. The molecular formula is C12H15N3O2S. The van der Waals surface area contributed by atoms with E-state index in [2.05, 4.69) is 10.3 Å². The predicted octanol–water partition coefficient (Wildman–Crippen LogP) is 0.952. The summed E-state index contributed by atoms with van der Waals surface area (Å²) in [4.78, 5) is 3.22. The lowest BCUT2D eigenvalue weighted by Crippen LogP contribution is -2.15. The van der Waals surface area contributed by atoms with Gasteiger partial charge >= 0.3 is 0 Å². The molecule has 18 heavy (non-hydrogen) atoms. The molecule has 2 aromatic rings. The molecule has 0 spiro atoms. The first-order chi connectivity index (χ1) is 8.55. The van der Waals surface area contributed by atoms with Crippen molar-refractivity contribution >= 4 is 10.0 Å². The van der Waals surface area contributed by atoms with Gasteiger partial charge in [0.1, 0.15) is 0 Å². The Kier molecular flexibility index (Phi) is 3.81. The molecule has 5 nitrogen and oxygen atoms in total. The fourth-order valence-corrected chi connectivity index (χ4v) is 2.24. The van der Waals surface area contributed by atoms with Gasteiger partial charge in [-0.3, -0.25) is 0 Å². The molecule has 1 heterocycles. The second kappa shape index (κ2) is 5.34. The maximum atomic E-state index is 11.2. The second-order valence-electron chi connectivity index (χ2n) is 3.99. The molecule has 0 radical (unpaired) electrons. The zero-order valence-corrected chi connectivity index (χ0v) is 10.6. The van der Waals surface area contributed by atoms with E-state index in [9.17, 15) is 8.42 Å². The Balaban J connectivity index is 1.98. The summed E-state index contributed by atoms with van der Waals surface area (Å²) in [5.74, 6) is 0. The van der Waals surface area contributed by atoms with Crippen molar-refractivity contribution in [1.29, 1.82) is 0 Å². The van der Waals surface area contributed by atoms with Crippen LogP contribution in [0.4, 0.5) is 0 Å². The third-order valence-electron chi connectivity index (χ3n) is 2.53. The molecule has 0 saturated heterocycles. The highest BCUT2D eigenvalue weighted by atomic mass is 32.2. The van der Waals surface area contributed by atoms with Crippen LogP contribution in [0.1, 0.15) is 11.3 Å². The van der Waals surface area contributed by atoms with Gasteiger partial charge in [0.25, 0.3) is 0 Å². The number of nitrogens with one attached hydrogen (secondary N) is 2. The smallest absolute Gasteiger partial charge is 0.238 e. The molecule has 0 amide bonds. The van der Waals surface area contributed by atoms with Gasteiger partial charge in [0, 0.05) is 25.0 Å². The van der Waals surface area contributed by atoms with Crippen LogP contribution in [0.3, 0.4) is 0 Å². The molecule has 0 bridgehead atoms. The maximum absolute atomic E-state index is 11.2. The highest BCUT2D eigenvalue weighted by molar-refractivity contribution is 7.89. The minimum absolute atomic E-state index is 0.140. The predicted molar refractivity (Wildman–Crippen MR) is 69.2 cm³/mol. The van der Waals surface area contributed by atoms with Gasteiger partial charge < -0.3 is 10.3 Å². The van der Waals surface area contributed by atoms with E-state index < -0.39 is 10.0 Å². The standard InChI is InChI=1S/C12H15N3O2S/c13-18(16,17)12-5-1-3-10(7-12)8-14-9-11-4-2-6-15-11/h1-7,14-15H,8-9H2,(H2,13,16,17). The van der Waals surface area contributed by atoms with Crippen molar-refractivity contribution < 1.29 is 8.42 Å². The van der Waals surface area contributed by atoms with E-state index in [1.807, 2.05) is 24.4 Å². The molecule has 0 atom stereocenters. The Morgan fingerprint density at radius 2 is 2.00 bits per heavy atom. The monoisotopic (exact) mass is 265 g/mol. The van der Waals surface area contributed by atoms with Crippen LogP contribution >= 0.6 is 0 Å². The Bertz CT molecular complexity index is 606. The first-order valence-corrected chi connectivity index (χ1v) is 7.05. The highest BCUT2D eigenvalue weighted by Gasteiger charge is 2.07. The molecule has 0 saturated carbocycles. The van der Waals surface area contributed by atoms with Gasteiger partial charge in [-0.1, -0.05) is 12.1 Å². The van der Waals surface area contributed by atoms with Crippen molar-refractivity contribution in [2.45, 2.75) is 18.0 Å². The highest BCUT2D eigenvalue weighted by Crippen LogP contribution is 2.09. The van der Waals surface area contributed by atoms with Gasteiger partial charge in [-0.25, -0.2) is 13.6 Å². The van der Waals surface area contributed by atoms with Crippen molar-refractivity contribution in [3.05, 3.63) is 53.9 Å². The lowest BCUT2D eigenvalue weighted by molar-refractivity contribution is 0.597. The lowest BCUT2D eigenvalue weighted by Gasteiger charge is -2.05. The molecule has 0 aliphatic rings. The van der Waals surface area contributed by atoms with Crippen molar-refractivity contribution in [3.8, 4) is 0 Å². The molecule has 4 N–H and O–H groups in total. The Labute approximate surface area is 106 Å². The van der Waals surface area contributed by atoms with Gasteiger partial charge in [0.15, 0.2) is 0 Å². The zero-order chi connectivity index (χ0) is 13.0. The number of benzene rings is 1. The topological polar surface area (TPSA) is 88.0 Å². The van der Waals surface area contributed by atoms with Gasteiger partial charge in [0.2, 0.25) is 10.0 Å². The summed E-state index contributed by atoms with van der Waals surface area (Å²) in [6.45, 7) is 1.29. The largest absolute Gasteiger partial charge is 0.364 e. The molecule has 0 unspecified atom stereocenters. The fraction of sp³-hybridized carbons (Fsp3) is 0.167. The lowest BCUT2D eigenvalue weighted by atomic mass is 10.2. The first-order valence-electron chi connectivity index (χ1n) is 5.50. The summed E-state index contributed by atoms with van der Waals surface area (Å²) < 4.78 is 22.4. The minimum atomic E-state index is -3.63. The molecule has 96 valence electrons. The summed E-state index contributed by atoms with van der Waals surface area (Å²) in [5, 5.41) is 8.29. The Morgan fingerprint density at radius 3 is 2.67 bits per heavy atom. The van der Waals surface area contributed by atoms with E-state index in [1.54, 1.807) is 12.1 Å². The first kappa shape index (κ1) is 12.8. The third-order valence-corrected chi connectivity index (χ3v) is 3.44. The van der Waals surface area contributed by atoms with Crippen LogP contribution in [0.15, 0.2) is 47.5 Å². The average Bonchev–Trinajstić information content (AvgIpc) is 2.81. The van der Waals surface area contributed by atoms with Crippen LogP contribution in [-0.2, 0) is 23.1 Å². The third kappa shape index (κ3) is 3.43. The van der Waals surface area contributed by atoms with Gasteiger partial charge in [-0.05, 0) is 29.8 Å². The van der Waals surface area contributed by atoms with Crippen LogP contribution in [0.2, 0.25) is 0 Å². The number of H-pyrrole nitrogens is 1. The zero-order valence-electron chi connectivity index (χ0n) is 9.76. The van der Waals surface area contributed by atoms with Crippen LogP contribution in [-0.4, -0.2) is 13.4 Å². The number of aromatic nitrogens is 1. The van der Waals surface area contributed by atoms with Crippen molar-refractivity contribution in [2.75, 3.05) is 0 Å². The van der Waals surface area contributed by atoms with Crippen LogP contribution < -0.4 is 10.5 Å². The van der Waals surface area contributed by atoms with E-state index in [-0.39, 0.29) is 4.90 Å². The van der Waals surface area contributed by atoms with E-state index in [0.29, 0.717) is 13.1 Å². The Hall–Kier alpha value is -1.63. The van der Waals surface area contributed by atoms with Crippen LogP contribution in [0, 0.1) is 0 Å². The summed E-state index contributed by atoms with van der Waals surface area (Å²) in [7, 11) is -3.63. The normalized spacial score (nSPS) is 11.6. The molecule has 6 heteroatoms. The van der Waals surface area contributed by atoms with Crippen molar-refractivity contribution in [3.63, 3.8) is 0 Å². The molecule has 1 aromatic heterocycles. The summed E-state index contributed by atoms with van der Waals surface area (Å²) >= 11 is 0. The Morgan fingerprint density at radius 1 is 1.17 bits per heavy atom.